The third-order valence-corrected chi connectivity index (χ3v) is 5.42. The summed E-state index contributed by atoms with van der Waals surface area (Å²) >= 11 is 0. The Labute approximate surface area is 194 Å². The molecule has 1 unspecified atom stereocenters. The maximum Gasteiger partial charge on any atom is 0.408 e. The molecule has 2 amide bonds. The van der Waals surface area contributed by atoms with E-state index in [2.05, 4.69) is 34.9 Å². The standard InChI is InChI=1S/C26H32N2O5/c1-26(2,3)33-25(31)28-18(16-29)10-8-9-15-27-24(30)32-17-23-21-13-6-4-11-19(21)20-12-5-7-14-22(20)23/h4-7,11-14,16,18,23H,8-10,15,17H2,1-3H3,(H,27,30)(H,28,31). The lowest BCUT2D eigenvalue weighted by Gasteiger charge is -2.21. The van der Waals surface area contributed by atoms with Gasteiger partial charge in [-0.3, -0.25) is 0 Å². The molecule has 0 saturated carbocycles. The first-order valence-electron chi connectivity index (χ1n) is 11.3. The summed E-state index contributed by atoms with van der Waals surface area (Å²) < 4.78 is 10.7. The van der Waals surface area contributed by atoms with Crippen molar-refractivity contribution in [3.63, 3.8) is 0 Å². The zero-order chi connectivity index (χ0) is 23.8. The highest BCUT2D eigenvalue weighted by atomic mass is 16.6. The van der Waals surface area contributed by atoms with E-state index >= 15 is 0 Å². The summed E-state index contributed by atoms with van der Waals surface area (Å²) in [5.41, 5.74) is 4.09. The monoisotopic (exact) mass is 452 g/mol. The molecule has 0 saturated heterocycles. The van der Waals surface area contributed by atoms with E-state index in [1.165, 1.54) is 22.3 Å². The lowest BCUT2D eigenvalue weighted by Crippen LogP contribution is -2.40. The molecule has 2 aromatic carbocycles. The van der Waals surface area contributed by atoms with Crippen molar-refractivity contribution in [1.29, 1.82) is 0 Å². The van der Waals surface area contributed by atoms with Crippen molar-refractivity contribution in [1.82, 2.24) is 10.6 Å². The number of nitrogens with one attached hydrogen (secondary N) is 2. The summed E-state index contributed by atoms with van der Waals surface area (Å²) in [7, 11) is 0. The van der Waals surface area contributed by atoms with Gasteiger partial charge in [-0.1, -0.05) is 48.5 Å². The number of carbonyl (C=O) groups excluding carboxylic acids is 3. The summed E-state index contributed by atoms with van der Waals surface area (Å²) in [5.74, 6) is 0.0235. The van der Waals surface area contributed by atoms with Gasteiger partial charge in [0.2, 0.25) is 0 Å². The number of rotatable bonds is 9. The molecule has 2 N–H and O–H groups in total. The molecule has 0 bridgehead atoms. The fraction of sp³-hybridized carbons (Fsp3) is 0.423. The van der Waals surface area contributed by atoms with Crippen LogP contribution in [0.5, 0.6) is 0 Å². The van der Waals surface area contributed by atoms with Crippen LogP contribution in [0.15, 0.2) is 48.5 Å². The minimum absolute atomic E-state index is 0.0235. The van der Waals surface area contributed by atoms with E-state index in [9.17, 15) is 14.4 Å². The Balaban J connectivity index is 1.38. The molecule has 1 aliphatic rings. The normalized spacial score (nSPS) is 13.4. The molecule has 1 aliphatic carbocycles. The lowest BCUT2D eigenvalue weighted by atomic mass is 9.98. The molecule has 7 nitrogen and oxygen atoms in total. The van der Waals surface area contributed by atoms with Gasteiger partial charge in [0.05, 0.1) is 6.04 Å². The summed E-state index contributed by atoms with van der Waals surface area (Å²) in [6.45, 7) is 5.98. The maximum atomic E-state index is 12.2. The molecule has 0 aliphatic heterocycles. The van der Waals surface area contributed by atoms with E-state index in [1.807, 2.05) is 24.3 Å². The smallest absolute Gasteiger partial charge is 0.408 e. The van der Waals surface area contributed by atoms with Crippen LogP contribution in [0.2, 0.25) is 0 Å². The first-order chi connectivity index (χ1) is 15.8. The van der Waals surface area contributed by atoms with E-state index in [0.29, 0.717) is 32.1 Å². The molecule has 2 aromatic rings. The SMILES string of the molecule is CC(C)(C)OC(=O)NC(C=O)CCCCNC(=O)OCC1c2ccccc2-c2ccccc21. The van der Waals surface area contributed by atoms with E-state index in [1.54, 1.807) is 20.8 Å². The number of hydrogen-bond acceptors (Lipinski definition) is 5. The van der Waals surface area contributed by atoms with Gasteiger partial charge in [0, 0.05) is 12.5 Å². The number of carbonyl (C=O) groups is 3. The molecule has 1 atom stereocenters. The summed E-state index contributed by atoms with van der Waals surface area (Å²) in [6.07, 6.45) is 1.40. The van der Waals surface area contributed by atoms with Gasteiger partial charge in [-0.2, -0.15) is 0 Å². The van der Waals surface area contributed by atoms with Crippen LogP contribution in [0.25, 0.3) is 11.1 Å². The van der Waals surface area contributed by atoms with Gasteiger partial charge >= 0.3 is 12.2 Å². The lowest BCUT2D eigenvalue weighted by molar-refractivity contribution is -0.109. The number of fused-ring (bicyclic) bond motifs is 3. The highest BCUT2D eigenvalue weighted by Gasteiger charge is 2.29. The molecular formula is C26H32N2O5. The minimum Gasteiger partial charge on any atom is -0.449 e. The van der Waals surface area contributed by atoms with E-state index < -0.39 is 23.8 Å². The second-order valence-corrected chi connectivity index (χ2v) is 9.14. The van der Waals surface area contributed by atoms with E-state index in [-0.39, 0.29) is 12.5 Å². The Hall–Kier alpha value is -3.35. The first-order valence-corrected chi connectivity index (χ1v) is 11.3. The summed E-state index contributed by atoms with van der Waals surface area (Å²) in [4.78, 5) is 35.2. The highest BCUT2D eigenvalue weighted by molar-refractivity contribution is 5.79. The predicted octanol–water partition coefficient (Wildman–Crippen LogP) is 4.79. The number of unbranched alkanes of at least 4 members (excludes halogenated alkanes) is 1. The number of aldehydes is 1. The molecular weight excluding hydrogens is 420 g/mol. The minimum atomic E-state index is -0.621. The third kappa shape index (κ3) is 6.81. The third-order valence-electron chi connectivity index (χ3n) is 5.42. The Morgan fingerprint density at radius 1 is 0.970 bits per heavy atom. The fourth-order valence-electron chi connectivity index (χ4n) is 3.96. The second kappa shape index (κ2) is 11.0. The van der Waals surface area contributed by atoms with Crippen LogP contribution in [0, 0.1) is 0 Å². The molecule has 0 fully saturated rings. The topological polar surface area (TPSA) is 93.7 Å². The Kier molecular flexibility index (Phi) is 8.09. The van der Waals surface area contributed by atoms with Crippen LogP contribution >= 0.6 is 0 Å². The fourth-order valence-corrected chi connectivity index (χ4v) is 3.96. The van der Waals surface area contributed by atoms with E-state index in [0.717, 1.165) is 0 Å². The molecule has 3 rings (SSSR count). The Morgan fingerprint density at radius 2 is 1.58 bits per heavy atom. The van der Waals surface area contributed by atoms with Crippen molar-refractivity contribution >= 4 is 18.5 Å². The van der Waals surface area contributed by atoms with Gasteiger partial charge in [-0.25, -0.2) is 9.59 Å². The van der Waals surface area contributed by atoms with Crippen LogP contribution in [0.3, 0.4) is 0 Å². The van der Waals surface area contributed by atoms with Crippen molar-refractivity contribution in [3.8, 4) is 11.1 Å². The quantitative estimate of drug-likeness (QED) is 0.422. The molecule has 0 radical (unpaired) electrons. The van der Waals surface area contributed by atoms with Crippen molar-refractivity contribution in [2.24, 2.45) is 0 Å². The van der Waals surface area contributed by atoms with Crippen LogP contribution in [0.1, 0.15) is 57.1 Å². The van der Waals surface area contributed by atoms with Gasteiger partial charge in [-0.05, 0) is 62.3 Å². The van der Waals surface area contributed by atoms with Crippen molar-refractivity contribution in [2.45, 2.75) is 57.6 Å². The number of hydrogen-bond donors (Lipinski definition) is 2. The highest BCUT2D eigenvalue weighted by Crippen LogP contribution is 2.44. The largest absolute Gasteiger partial charge is 0.449 e. The van der Waals surface area contributed by atoms with Crippen LogP contribution in [-0.2, 0) is 14.3 Å². The van der Waals surface area contributed by atoms with Crippen molar-refractivity contribution in [3.05, 3.63) is 59.7 Å². The summed E-state index contributed by atoms with van der Waals surface area (Å²) in [5, 5.41) is 5.31. The molecule has 33 heavy (non-hydrogen) atoms. The second-order valence-electron chi connectivity index (χ2n) is 9.14. The molecule has 7 heteroatoms. The zero-order valence-corrected chi connectivity index (χ0v) is 19.4. The predicted molar refractivity (Wildman–Crippen MR) is 126 cm³/mol. The molecule has 0 spiro atoms. The van der Waals surface area contributed by atoms with Crippen molar-refractivity contribution < 1.29 is 23.9 Å². The Bertz CT molecular complexity index is 937. The first kappa shape index (κ1) is 24.3. The Morgan fingerprint density at radius 3 is 2.15 bits per heavy atom. The van der Waals surface area contributed by atoms with Gasteiger partial charge in [0.15, 0.2) is 0 Å². The molecule has 0 aromatic heterocycles. The van der Waals surface area contributed by atoms with Gasteiger partial charge < -0.3 is 24.9 Å². The maximum absolute atomic E-state index is 12.2. The van der Waals surface area contributed by atoms with Gasteiger partial charge in [0.25, 0.3) is 0 Å². The van der Waals surface area contributed by atoms with Crippen molar-refractivity contribution in [2.75, 3.05) is 13.2 Å². The van der Waals surface area contributed by atoms with Crippen LogP contribution in [0.4, 0.5) is 9.59 Å². The zero-order valence-electron chi connectivity index (χ0n) is 19.4. The number of alkyl carbamates (subject to hydrolysis) is 2. The molecule has 176 valence electrons. The summed E-state index contributed by atoms with van der Waals surface area (Å²) in [6, 6.07) is 15.8. The number of benzene rings is 2. The average Bonchev–Trinajstić information content (AvgIpc) is 3.09. The molecule has 0 heterocycles. The number of ether oxygens (including phenoxy) is 2. The average molecular weight is 453 g/mol. The van der Waals surface area contributed by atoms with Gasteiger partial charge in [-0.15, -0.1) is 0 Å². The number of amides is 2. The van der Waals surface area contributed by atoms with Gasteiger partial charge in [0.1, 0.15) is 18.5 Å². The van der Waals surface area contributed by atoms with Crippen LogP contribution < -0.4 is 10.6 Å². The van der Waals surface area contributed by atoms with E-state index in [4.69, 9.17) is 9.47 Å². The van der Waals surface area contributed by atoms with Crippen LogP contribution in [-0.4, -0.2) is 43.3 Å².